The highest BCUT2D eigenvalue weighted by atomic mass is 19.1. The third-order valence-electron chi connectivity index (χ3n) is 1.72. The van der Waals surface area contributed by atoms with E-state index in [4.69, 9.17) is 4.74 Å². The fraction of sp³-hybridized carbons (Fsp3) is 0.500. The Morgan fingerprint density at radius 2 is 2.29 bits per heavy atom. The van der Waals surface area contributed by atoms with Gasteiger partial charge in [-0.1, -0.05) is 0 Å². The van der Waals surface area contributed by atoms with Gasteiger partial charge in [0.15, 0.2) is 0 Å². The summed E-state index contributed by atoms with van der Waals surface area (Å²) in [4.78, 5) is 5.52. The van der Waals surface area contributed by atoms with E-state index in [1.54, 1.807) is 6.07 Å². The molecule has 0 aromatic carbocycles. The fourth-order valence-electron chi connectivity index (χ4n) is 1.05. The zero-order chi connectivity index (χ0) is 10.4. The molecule has 4 heteroatoms. The molecule has 0 fully saturated rings. The molecular weight excluding hydrogens is 183 g/mol. The summed E-state index contributed by atoms with van der Waals surface area (Å²) in [6.07, 6.45) is 2.33. The van der Waals surface area contributed by atoms with Crippen LogP contribution < -0.4 is 4.74 Å². The Morgan fingerprint density at radius 3 is 2.93 bits per heavy atom. The van der Waals surface area contributed by atoms with Crippen LogP contribution in [-0.4, -0.2) is 37.1 Å². The minimum absolute atomic E-state index is 0.505. The van der Waals surface area contributed by atoms with Gasteiger partial charge in [0.2, 0.25) is 5.95 Å². The second-order valence-corrected chi connectivity index (χ2v) is 3.32. The molecule has 0 N–H and O–H groups in total. The van der Waals surface area contributed by atoms with Crippen LogP contribution in [0, 0.1) is 5.95 Å². The van der Waals surface area contributed by atoms with Gasteiger partial charge in [0, 0.05) is 18.8 Å². The Hall–Kier alpha value is -1.16. The van der Waals surface area contributed by atoms with Crippen LogP contribution in [0.2, 0.25) is 0 Å². The van der Waals surface area contributed by atoms with Crippen LogP contribution in [0.25, 0.3) is 0 Å². The Kier molecular flexibility index (Phi) is 4.32. The topological polar surface area (TPSA) is 25.4 Å². The molecule has 0 saturated heterocycles. The van der Waals surface area contributed by atoms with Crippen molar-refractivity contribution in [3.63, 3.8) is 0 Å². The van der Waals surface area contributed by atoms with Gasteiger partial charge in [-0.2, -0.15) is 4.39 Å². The predicted molar refractivity (Wildman–Crippen MR) is 52.9 cm³/mol. The summed E-state index contributed by atoms with van der Waals surface area (Å²) in [5.41, 5.74) is 0. The summed E-state index contributed by atoms with van der Waals surface area (Å²) in [7, 11) is 4.01. The lowest BCUT2D eigenvalue weighted by Gasteiger charge is -2.09. The summed E-state index contributed by atoms with van der Waals surface area (Å²) in [6.45, 7) is 1.56. The van der Waals surface area contributed by atoms with Gasteiger partial charge in [0.1, 0.15) is 5.75 Å². The van der Waals surface area contributed by atoms with Crippen molar-refractivity contribution >= 4 is 0 Å². The second-order valence-electron chi connectivity index (χ2n) is 3.32. The van der Waals surface area contributed by atoms with Gasteiger partial charge in [-0.15, -0.1) is 0 Å². The third kappa shape index (κ3) is 4.18. The molecule has 1 rings (SSSR count). The molecule has 0 saturated carbocycles. The smallest absolute Gasteiger partial charge is 0.216 e. The number of nitrogens with zero attached hydrogens (tertiary/aromatic N) is 2. The quantitative estimate of drug-likeness (QED) is 0.530. The number of aromatic nitrogens is 1. The van der Waals surface area contributed by atoms with Crippen LogP contribution in [-0.2, 0) is 0 Å². The minimum atomic E-state index is -0.505. The summed E-state index contributed by atoms with van der Waals surface area (Å²) in [5.74, 6) is 0.0337. The molecule has 1 heterocycles. The maximum atomic E-state index is 12.6. The highest BCUT2D eigenvalue weighted by Crippen LogP contribution is 2.09. The summed E-state index contributed by atoms with van der Waals surface area (Å²) in [5, 5.41) is 0. The Morgan fingerprint density at radius 1 is 1.50 bits per heavy atom. The van der Waals surface area contributed by atoms with Crippen LogP contribution in [0.1, 0.15) is 6.42 Å². The molecule has 0 amide bonds. The van der Waals surface area contributed by atoms with Crippen LogP contribution in [0.4, 0.5) is 4.39 Å². The molecule has 0 spiro atoms. The molecule has 1 aromatic heterocycles. The van der Waals surface area contributed by atoms with Gasteiger partial charge in [-0.3, -0.25) is 0 Å². The van der Waals surface area contributed by atoms with E-state index in [1.165, 1.54) is 12.3 Å². The van der Waals surface area contributed by atoms with E-state index < -0.39 is 5.95 Å². The molecule has 0 aliphatic rings. The van der Waals surface area contributed by atoms with Gasteiger partial charge in [0.05, 0.1) is 6.61 Å². The number of halogens is 1. The fourth-order valence-corrected chi connectivity index (χ4v) is 1.05. The van der Waals surface area contributed by atoms with Crippen molar-refractivity contribution in [2.75, 3.05) is 27.2 Å². The number of hydrogen-bond donors (Lipinski definition) is 0. The number of hydrogen-bond acceptors (Lipinski definition) is 3. The zero-order valence-electron chi connectivity index (χ0n) is 8.53. The molecular formula is C10H15FN2O. The van der Waals surface area contributed by atoms with E-state index in [0.717, 1.165) is 13.0 Å². The van der Waals surface area contributed by atoms with E-state index in [-0.39, 0.29) is 0 Å². The van der Waals surface area contributed by atoms with E-state index in [0.29, 0.717) is 12.4 Å². The monoisotopic (exact) mass is 198 g/mol. The lowest BCUT2D eigenvalue weighted by Crippen LogP contribution is -2.15. The highest BCUT2D eigenvalue weighted by Gasteiger charge is 1.96. The standard InChI is InChI=1S/C10H15FN2O/c1-13(2)6-3-7-14-9-4-5-12-10(11)8-9/h4-5,8H,3,6-7H2,1-2H3. The Balaban J connectivity index is 2.25. The van der Waals surface area contributed by atoms with Crippen molar-refractivity contribution in [3.8, 4) is 5.75 Å². The maximum absolute atomic E-state index is 12.6. The molecule has 0 radical (unpaired) electrons. The maximum Gasteiger partial charge on any atom is 0.216 e. The van der Waals surface area contributed by atoms with E-state index >= 15 is 0 Å². The molecule has 3 nitrogen and oxygen atoms in total. The summed E-state index contributed by atoms with van der Waals surface area (Å²) < 4.78 is 17.9. The Labute approximate surface area is 83.5 Å². The van der Waals surface area contributed by atoms with Gasteiger partial charge in [-0.25, -0.2) is 4.98 Å². The average Bonchev–Trinajstić information content (AvgIpc) is 2.12. The van der Waals surface area contributed by atoms with Crippen molar-refractivity contribution in [3.05, 3.63) is 24.3 Å². The van der Waals surface area contributed by atoms with Gasteiger partial charge in [-0.05, 0) is 26.6 Å². The molecule has 1 aromatic rings. The van der Waals surface area contributed by atoms with Crippen LogP contribution in [0.3, 0.4) is 0 Å². The van der Waals surface area contributed by atoms with Crippen molar-refractivity contribution < 1.29 is 9.13 Å². The molecule has 0 aliphatic heterocycles. The lowest BCUT2D eigenvalue weighted by atomic mass is 10.4. The summed E-state index contributed by atoms with van der Waals surface area (Å²) >= 11 is 0. The van der Waals surface area contributed by atoms with Crippen molar-refractivity contribution in [2.45, 2.75) is 6.42 Å². The largest absolute Gasteiger partial charge is 0.493 e. The number of ether oxygens (including phenoxy) is 1. The number of rotatable bonds is 5. The first kappa shape index (κ1) is 10.9. The van der Waals surface area contributed by atoms with Gasteiger partial charge >= 0.3 is 0 Å². The normalized spacial score (nSPS) is 10.6. The van der Waals surface area contributed by atoms with Crippen LogP contribution >= 0.6 is 0 Å². The van der Waals surface area contributed by atoms with Crippen molar-refractivity contribution in [1.82, 2.24) is 9.88 Å². The van der Waals surface area contributed by atoms with Gasteiger partial charge < -0.3 is 9.64 Å². The first-order valence-corrected chi connectivity index (χ1v) is 4.57. The van der Waals surface area contributed by atoms with E-state index in [1.807, 2.05) is 14.1 Å². The summed E-state index contributed by atoms with van der Waals surface area (Å²) in [6, 6.07) is 2.94. The second kappa shape index (κ2) is 5.54. The van der Waals surface area contributed by atoms with E-state index in [2.05, 4.69) is 9.88 Å². The molecule has 0 bridgehead atoms. The average molecular weight is 198 g/mol. The van der Waals surface area contributed by atoms with Crippen LogP contribution in [0.15, 0.2) is 18.3 Å². The molecule has 14 heavy (non-hydrogen) atoms. The predicted octanol–water partition coefficient (Wildman–Crippen LogP) is 1.55. The molecule has 0 unspecified atom stereocenters. The van der Waals surface area contributed by atoms with Gasteiger partial charge in [0.25, 0.3) is 0 Å². The molecule has 0 atom stereocenters. The Bertz CT molecular complexity index is 279. The van der Waals surface area contributed by atoms with Crippen molar-refractivity contribution in [2.24, 2.45) is 0 Å². The lowest BCUT2D eigenvalue weighted by molar-refractivity contribution is 0.280. The van der Waals surface area contributed by atoms with Crippen LogP contribution in [0.5, 0.6) is 5.75 Å². The van der Waals surface area contributed by atoms with E-state index in [9.17, 15) is 4.39 Å². The first-order valence-electron chi connectivity index (χ1n) is 4.57. The van der Waals surface area contributed by atoms with Crippen molar-refractivity contribution in [1.29, 1.82) is 0 Å². The SMILES string of the molecule is CN(C)CCCOc1ccnc(F)c1. The minimum Gasteiger partial charge on any atom is -0.493 e. The first-order chi connectivity index (χ1) is 6.68. The molecule has 0 aliphatic carbocycles. The molecule has 78 valence electrons. The number of pyridine rings is 1. The highest BCUT2D eigenvalue weighted by molar-refractivity contribution is 5.17. The third-order valence-corrected chi connectivity index (χ3v) is 1.72. The zero-order valence-corrected chi connectivity index (χ0v) is 8.53.